The lowest BCUT2D eigenvalue weighted by atomic mass is 10.1. The Kier molecular flexibility index (Phi) is 3.74. The van der Waals surface area contributed by atoms with Crippen molar-refractivity contribution in [2.24, 2.45) is 12.0 Å². The van der Waals surface area contributed by atoms with Crippen molar-refractivity contribution in [3.8, 4) is 17.6 Å². The van der Waals surface area contributed by atoms with Crippen molar-refractivity contribution in [1.29, 1.82) is 0 Å². The molecule has 0 saturated carbocycles. The second kappa shape index (κ2) is 6.07. The van der Waals surface area contributed by atoms with Crippen LogP contribution in [0.3, 0.4) is 0 Å². The lowest BCUT2D eigenvalue weighted by molar-refractivity contribution is 0.388. The van der Waals surface area contributed by atoms with Gasteiger partial charge >= 0.3 is 6.01 Å². The van der Waals surface area contributed by atoms with E-state index < -0.39 is 0 Å². The molecule has 3 heterocycles. The Bertz CT molecular complexity index is 1010. The number of para-hydroxylation sites is 1. The van der Waals surface area contributed by atoms with Crippen LogP contribution >= 0.6 is 11.6 Å². The average Bonchev–Trinajstić information content (AvgIpc) is 3.13. The van der Waals surface area contributed by atoms with Gasteiger partial charge in [0, 0.05) is 30.6 Å². The van der Waals surface area contributed by atoms with Gasteiger partial charge in [0.15, 0.2) is 5.82 Å². The van der Waals surface area contributed by atoms with Gasteiger partial charge in [-0.05, 0) is 24.3 Å². The summed E-state index contributed by atoms with van der Waals surface area (Å²) in [7, 11) is 1.68. The van der Waals surface area contributed by atoms with Crippen LogP contribution in [0.5, 0.6) is 17.6 Å². The number of nitrogens with zero attached hydrogens (tertiary/aromatic N) is 4. The minimum atomic E-state index is -0.00438. The van der Waals surface area contributed by atoms with Gasteiger partial charge in [0.2, 0.25) is 5.88 Å². The Morgan fingerprint density at radius 2 is 2.04 bits per heavy atom. The van der Waals surface area contributed by atoms with Crippen LogP contribution in [-0.4, -0.2) is 25.9 Å². The number of allylic oxidation sites excluding steroid dienone is 1. The van der Waals surface area contributed by atoms with Crippen LogP contribution < -0.4 is 4.74 Å². The maximum Gasteiger partial charge on any atom is 0.305 e. The Morgan fingerprint density at radius 1 is 1.24 bits per heavy atom. The van der Waals surface area contributed by atoms with Crippen molar-refractivity contribution >= 4 is 35.3 Å². The van der Waals surface area contributed by atoms with Crippen molar-refractivity contribution in [2.75, 3.05) is 0 Å². The predicted molar refractivity (Wildman–Crippen MR) is 96.7 cm³/mol. The molecule has 124 valence electrons. The minimum Gasteiger partial charge on any atom is -0.493 e. The molecule has 0 saturated heterocycles. The third kappa shape index (κ3) is 2.88. The Labute approximate surface area is 148 Å². The number of benzene rings is 1. The van der Waals surface area contributed by atoms with Crippen molar-refractivity contribution in [1.82, 2.24) is 14.5 Å². The zero-order valence-corrected chi connectivity index (χ0v) is 14.0. The average molecular weight is 353 g/mol. The molecule has 4 rings (SSSR count). The van der Waals surface area contributed by atoms with Crippen LogP contribution in [0.15, 0.2) is 47.6 Å². The first-order chi connectivity index (χ1) is 12.1. The molecule has 0 atom stereocenters. The van der Waals surface area contributed by atoms with Gasteiger partial charge in [-0.3, -0.25) is 4.57 Å². The van der Waals surface area contributed by atoms with E-state index in [4.69, 9.17) is 16.3 Å². The number of rotatable bonds is 3. The molecule has 0 amide bonds. The van der Waals surface area contributed by atoms with E-state index in [2.05, 4.69) is 15.0 Å². The highest BCUT2D eigenvalue weighted by Gasteiger charge is 2.18. The van der Waals surface area contributed by atoms with E-state index in [1.165, 1.54) is 4.57 Å². The van der Waals surface area contributed by atoms with Gasteiger partial charge in [-0.25, -0.2) is 9.98 Å². The number of ether oxygens (including phenoxy) is 1. The molecule has 25 heavy (non-hydrogen) atoms. The second-order valence-corrected chi connectivity index (χ2v) is 5.90. The summed E-state index contributed by atoms with van der Waals surface area (Å²) in [5.41, 5.74) is 1.94. The highest BCUT2D eigenvalue weighted by molar-refractivity contribution is 6.31. The van der Waals surface area contributed by atoms with Crippen LogP contribution in [0.2, 0.25) is 5.02 Å². The van der Waals surface area contributed by atoms with E-state index in [9.17, 15) is 5.11 Å². The normalized spacial score (nSPS) is 14.1. The van der Waals surface area contributed by atoms with E-state index in [0.717, 1.165) is 11.1 Å². The molecule has 1 aliphatic rings. The largest absolute Gasteiger partial charge is 0.493 e. The first-order valence-electron chi connectivity index (χ1n) is 7.52. The van der Waals surface area contributed by atoms with Crippen molar-refractivity contribution in [2.45, 2.75) is 0 Å². The lowest BCUT2D eigenvalue weighted by Gasteiger charge is -2.03. The summed E-state index contributed by atoms with van der Waals surface area (Å²) in [4.78, 5) is 12.8. The number of halogens is 1. The van der Waals surface area contributed by atoms with Crippen LogP contribution in [0.4, 0.5) is 5.82 Å². The van der Waals surface area contributed by atoms with Crippen LogP contribution in [-0.2, 0) is 7.05 Å². The molecule has 0 bridgehead atoms. The van der Waals surface area contributed by atoms with Crippen molar-refractivity contribution in [3.05, 3.63) is 58.9 Å². The standard InChI is InChI=1S/C18H13ClN4O2/c1-23-17(24)15(22-18(23)25-13-5-3-2-4-6-13)7-11-9-20-16-14(11)8-12(19)10-21-16/h2-10,24H,1H3/b11-7-. The number of aliphatic imine (C=N–C) groups is 1. The fourth-order valence-electron chi connectivity index (χ4n) is 2.48. The quantitative estimate of drug-likeness (QED) is 0.765. The van der Waals surface area contributed by atoms with Crippen molar-refractivity contribution in [3.63, 3.8) is 0 Å². The Balaban J connectivity index is 1.70. The SMILES string of the molecule is Cn1c(Oc2ccccc2)nc(/C=C2/C=Nc3ncc(Cl)cc32)c1O. The number of aromatic nitrogens is 3. The summed E-state index contributed by atoms with van der Waals surface area (Å²) in [6.07, 6.45) is 4.94. The van der Waals surface area contributed by atoms with E-state index in [0.29, 0.717) is 22.3 Å². The lowest BCUT2D eigenvalue weighted by Crippen LogP contribution is -1.93. The van der Waals surface area contributed by atoms with Gasteiger partial charge in [0.25, 0.3) is 0 Å². The predicted octanol–water partition coefficient (Wildman–Crippen LogP) is 4.22. The molecular weight excluding hydrogens is 340 g/mol. The third-order valence-corrected chi connectivity index (χ3v) is 3.97. The maximum absolute atomic E-state index is 10.3. The zero-order valence-electron chi connectivity index (χ0n) is 13.2. The zero-order chi connectivity index (χ0) is 17.4. The molecule has 1 N–H and O–H groups in total. The molecule has 0 aliphatic carbocycles. The van der Waals surface area contributed by atoms with Gasteiger partial charge in [-0.15, -0.1) is 0 Å². The number of pyridine rings is 1. The van der Waals surface area contributed by atoms with E-state index in [-0.39, 0.29) is 11.9 Å². The first-order valence-corrected chi connectivity index (χ1v) is 7.90. The molecule has 1 aliphatic heterocycles. The Morgan fingerprint density at radius 3 is 2.84 bits per heavy atom. The second-order valence-electron chi connectivity index (χ2n) is 5.46. The summed E-state index contributed by atoms with van der Waals surface area (Å²) in [5.74, 6) is 1.22. The maximum atomic E-state index is 10.3. The molecule has 0 spiro atoms. The molecule has 3 aromatic rings. The molecule has 0 radical (unpaired) electrons. The highest BCUT2D eigenvalue weighted by Crippen LogP contribution is 2.35. The van der Waals surface area contributed by atoms with Crippen LogP contribution in [0.25, 0.3) is 11.6 Å². The number of imidazole rings is 1. The fraction of sp³-hybridized carbons (Fsp3) is 0.0556. The van der Waals surface area contributed by atoms with E-state index >= 15 is 0 Å². The van der Waals surface area contributed by atoms with Crippen molar-refractivity contribution < 1.29 is 9.84 Å². The highest BCUT2D eigenvalue weighted by atomic mass is 35.5. The molecule has 1 aromatic carbocycles. The summed E-state index contributed by atoms with van der Waals surface area (Å²) in [6, 6.07) is 11.3. The monoisotopic (exact) mass is 352 g/mol. The van der Waals surface area contributed by atoms with E-state index in [1.807, 2.05) is 30.3 Å². The van der Waals surface area contributed by atoms with Gasteiger partial charge in [0.1, 0.15) is 11.4 Å². The molecule has 0 unspecified atom stereocenters. The van der Waals surface area contributed by atoms with E-state index in [1.54, 1.807) is 31.6 Å². The number of hydrogen-bond acceptors (Lipinski definition) is 5. The fourth-order valence-corrected chi connectivity index (χ4v) is 2.64. The summed E-state index contributed by atoms with van der Waals surface area (Å²) >= 11 is 6.01. The molecule has 0 fully saturated rings. The number of aromatic hydroxyl groups is 1. The molecule has 7 heteroatoms. The third-order valence-electron chi connectivity index (χ3n) is 3.76. The molecular formula is C18H13ClN4O2. The summed E-state index contributed by atoms with van der Waals surface area (Å²) in [5, 5.41) is 10.9. The van der Waals surface area contributed by atoms with Crippen LogP contribution in [0.1, 0.15) is 11.3 Å². The van der Waals surface area contributed by atoms with Gasteiger partial charge in [-0.1, -0.05) is 29.8 Å². The number of fused-ring (bicyclic) bond motifs is 1. The topological polar surface area (TPSA) is 72.5 Å². The summed E-state index contributed by atoms with van der Waals surface area (Å²) in [6.45, 7) is 0. The summed E-state index contributed by atoms with van der Waals surface area (Å²) < 4.78 is 7.19. The molecule has 2 aromatic heterocycles. The van der Waals surface area contributed by atoms with Gasteiger partial charge in [-0.2, -0.15) is 4.98 Å². The van der Waals surface area contributed by atoms with Gasteiger partial charge < -0.3 is 9.84 Å². The first kappa shape index (κ1) is 15.4. The van der Waals surface area contributed by atoms with Gasteiger partial charge in [0.05, 0.1) is 5.02 Å². The smallest absolute Gasteiger partial charge is 0.305 e. The Hall–Kier alpha value is -3.12. The number of hydrogen-bond donors (Lipinski definition) is 1. The minimum absolute atomic E-state index is 0.00438. The van der Waals surface area contributed by atoms with Crippen LogP contribution in [0, 0.1) is 0 Å². The molecule has 6 nitrogen and oxygen atoms in total.